The fraction of sp³-hybridized carbons (Fsp3) is 0.667. The standard InChI is InChI=1S/C12H21N5O2S/c1-9-10(2)14-15-12(11(9)8-13)16-4-6-17(7-5-16)20(3,18)19/h4-8,13H2,1-3H3. The molecule has 20 heavy (non-hydrogen) atoms. The van der Waals surface area contributed by atoms with Crippen molar-refractivity contribution in [2.24, 2.45) is 5.73 Å². The van der Waals surface area contributed by atoms with Crippen LogP contribution in [-0.4, -0.2) is 55.4 Å². The van der Waals surface area contributed by atoms with Gasteiger partial charge >= 0.3 is 0 Å². The molecule has 2 heterocycles. The zero-order valence-electron chi connectivity index (χ0n) is 12.1. The topological polar surface area (TPSA) is 92.4 Å². The van der Waals surface area contributed by atoms with E-state index < -0.39 is 10.0 Å². The molecule has 8 heteroatoms. The second-order valence-corrected chi connectivity index (χ2v) is 7.05. The predicted molar refractivity (Wildman–Crippen MR) is 78.0 cm³/mol. The van der Waals surface area contributed by atoms with Crippen molar-refractivity contribution in [1.82, 2.24) is 14.5 Å². The number of nitrogens with two attached hydrogens (primary N) is 1. The van der Waals surface area contributed by atoms with Gasteiger partial charge in [-0.15, -0.1) is 5.10 Å². The minimum atomic E-state index is -3.12. The highest BCUT2D eigenvalue weighted by Crippen LogP contribution is 2.23. The van der Waals surface area contributed by atoms with E-state index >= 15 is 0 Å². The Morgan fingerprint density at radius 1 is 1.15 bits per heavy atom. The summed E-state index contributed by atoms with van der Waals surface area (Å²) >= 11 is 0. The summed E-state index contributed by atoms with van der Waals surface area (Å²) in [6, 6.07) is 0. The monoisotopic (exact) mass is 299 g/mol. The fourth-order valence-electron chi connectivity index (χ4n) is 2.37. The summed E-state index contributed by atoms with van der Waals surface area (Å²) in [5.74, 6) is 0.781. The first kappa shape index (κ1) is 15.1. The van der Waals surface area contributed by atoms with Gasteiger partial charge < -0.3 is 10.6 Å². The zero-order chi connectivity index (χ0) is 14.9. The van der Waals surface area contributed by atoms with Crippen molar-refractivity contribution in [1.29, 1.82) is 0 Å². The molecule has 0 unspecified atom stereocenters. The van der Waals surface area contributed by atoms with Gasteiger partial charge in [-0.05, 0) is 19.4 Å². The molecule has 1 saturated heterocycles. The van der Waals surface area contributed by atoms with Crippen LogP contribution in [0.3, 0.4) is 0 Å². The number of aryl methyl sites for hydroxylation is 1. The molecule has 0 amide bonds. The Balaban J connectivity index is 2.21. The molecule has 2 N–H and O–H groups in total. The van der Waals surface area contributed by atoms with Crippen molar-refractivity contribution in [2.45, 2.75) is 20.4 Å². The Labute approximate surface area is 119 Å². The van der Waals surface area contributed by atoms with Gasteiger partial charge in [0.2, 0.25) is 10.0 Å². The molecule has 1 aromatic heterocycles. The first-order chi connectivity index (χ1) is 9.34. The Kier molecular flexibility index (Phi) is 4.26. The lowest BCUT2D eigenvalue weighted by atomic mass is 10.1. The fourth-order valence-corrected chi connectivity index (χ4v) is 3.20. The lowest BCUT2D eigenvalue weighted by Gasteiger charge is -2.34. The van der Waals surface area contributed by atoms with E-state index in [-0.39, 0.29) is 0 Å². The first-order valence-electron chi connectivity index (χ1n) is 6.57. The van der Waals surface area contributed by atoms with Crippen molar-refractivity contribution in [2.75, 3.05) is 37.3 Å². The summed E-state index contributed by atoms with van der Waals surface area (Å²) < 4.78 is 24.5. The third-order valence-corrected chi connectivity index (χ3v) is 5.07. The number of anilines is 1. The summed E-state index contributed by atoms with van der Waals surface area (Å²) in [7, 11) is -3.12. The highest BCUT2D eigenvalue weighted by atomic mass is 32.2. The maximum absolute atomic E-state index is 11.5. The second kappa shape index (κ2) is 5.63. The Morgan fingerprint density at radius 2 is 1.75 bits per heavy atom. The van der Waals surface area contributed by atoms with Gasteiger partial charge in [-0.3, -0.25) is 0 Å². The summed E-state index contributed by atoms with van der Waals surface area (Å²) in [6.45, 7) is 6.46. The minimum absolute atomic E-state index is 0.407. The molecule has 0 atom stereocenters. The third kappa shape index (κ3) is 2.92. The normalized spacial score (nSPS) is 17.5. The third-order valence-electron chi connectivity index (χ3n) is 3.77. The summed E-state index contributed by atoms with van der Waals surface area (Å²) in [4.78, 5) is 2.06. The molecule has 1 aliphatic rings. The number of nitrogens with zero attached hydrogens (tertiary/aromatic N) is 4. The Morgan fingerprint density at radius 3 is 2.25 bits per heavy atom. The minimum Gasteiger partial charge on any atom is -0.352 e. The summed E-state index contributed by atoms with van der Waals surface area (Å²) in [6.07, 6.45) is 1.24. The Hall–Kier alpha value is -1.25. The maximum Gasteiger partial charge on any atom is 0.211 e. The molecule has 1 fully saturated rings. The van der Waals surface area contributed by atoms with E-state index in [2.05, 4.69) is 15.1 Å². The van der Waals surface area contributed by atoms with Gasteiger partial charge in [-0.25, -0.2) is 8.42 Å². The largest absolute Gasteiger partial charge is 0.352 e. The van der Waals surface area contributed by atoms with Crippen LogP contribution in [-0.2, 0) is 16.6 Å². The van der Waals surface area contributed by atoms with Crippen LogP contribution >= 0.6 is 0 Å². The zero-order valence-corrected chi connectivity index (χ0v) is 12.9. The van der Waals surface area contributed by atoms with Gasteiger partial charge in [0.25, 0.3) is 0 Å². The van der Waals surface area contributed by atoms with E-state index in [4.69, 9.17) is 5.73 Å². The van der Waals surface area contributed by atoms with Crippen molar-refractivity contribution in [3.8, 4) is 0 Å². The van der Waals surface area contributed by atoms with E-state index in [1.807, 2.05) is 13.8 Å². The number of sulfonamides is 1. The van der Waals surface area contributed by atoms with Crippen LogP contribution in [0.1, 0.15) is 16.8 Å². The van der Waals surface area contributed by atoms with Crippen molar-refractivity contribution in [3.05, 3.63) is 16.8 Å². The van der Waals surface area contributed by atoms with Crippen LogP contribution < -0.4 is 10.6 Å². The van der Waals surface area contributed by atoms with Gasteiger partial charge in [-0.2, -0.15) is 9.40 Å². The van der Waals surface area contributed by atoms with Crippen LogP contribution in [0.4, 0.5) is 5.82 Å². The molecular formula is C12H21N5O2S. The average Bonchev–Trinajstić information content (AvgIpc) is 2.41. The van der Waals surface area contributed by atoms with Gasteiger partial charge in [0, 0.05) is 38.3 Å². The molecule has 112 valence electrons. The van der Waals surface area contributed by atoms with Gasteiger partial charge in [-0.1, -0.05) is 0 Å². The molecule has 0 bridgehead atoms. The Bertz CT molecular complexity index is 594. The van der Waals surface area contributed by atoms with Gasteiger partial charge in [0.1, 0.15) is 0 Å². The molecule has 7 nitrogen and oxygen atoms in total. The van der Waals surface area contributed by atoms with Crippen molar-refractivity contribution < 1.29 is 8.42 Å². The van der Waals surface area contributed by atoms with Crippen molar-refractivity contribution in [3.63, 3.8) is 0 Å². The van der Waals surface area contributed by atoms with Gasteiger partial charge in [0.05, 0.1) is 11.9 Å². The molecule has 0 aliphatic carbocycles. The number of rotatable bonds is 3. The number of hydrogen-bond acceptors (Lipinski definition) is 6. The van der Waals surface area contributed by atoms with E-state index in [1.54, 1.807) is 0 Å². The molecule has 2 rings (SSSR count). The lowest BCUT2D eigenvalue weighted by molar-refractivity contribution is 0.386. The van der Waals surface area contributed by atoms with Crippen LogP contribution in [0.25, 0.3) is 0 Å². The summed E-state index contributed by atoms with van der Waals surface area (Å²) in [5.41, 5.74) is 8.75. The molecule has 1 aromatic rings. The SMILES string of the molecule is Cc1nnc(N2CCN(S(C)(=O)=O)CC2)c(CN)c1C. The smallest absolute Gasteiger partial charge is 0.211 e. The van der Waals surface area contributed by atoms with Crippen LogP contribution in [0.15, 0.2) is 0 Å². The molecule has 0 aromatic carbocycles. The highest BCUT2D eigenvalue weighted by molar-refractivity contribution is 7.88. The number of piperazine rings is 1. The van der Waals surface area contributed by atoms with Crippen LogP contribution in [0, 0.1) is 13.8 Å². The van der Waals surface area contributed by atoms with Gasteiger partial charge in [0.15, 0.2) is 5.82 Å². The molecule has 1 aliphatic heterocycles. The van der Waals surface area contributed by atoms with Crippen LogP contribution in [0.2, 0.25) is 0 Å². The maximum atomic E-state index is 11.5. The first-order valence-corrected chi connectivity index (χ1v) is 8.42. The lowest BCUT2D eigenvalue weighted by Crippen LogP contribution is -2.49. The van der Waals surface area contributed by atoms with Crippen molar-refractivity contribution >= 4 is 15.8 Å². The second-order valence-electron chi connectivity index (χ2n) is 5.07. The molecule has 0 radical (unpaired) electrons. The van der Waals surface area contributed by atoms with E-state index in [1.165, 1.54) is 10.6 Å². The predicted octanol–water partition coefficient (Wildman–Crippen LogP) is -0.366. The number of aromatic nitrogens is 2. The van der Waals surface area contributed by atoms with E-state index in [0.717, 1.165) is 22.6 Å². The molecular weight excluding hydrogens is 278 g/mol. The van der Waals surface area contributed by atoms with Crippen LogP contribution in [0.5, 0.6) is 0 Å². The van der Waals surface area contributed by atoms with E-state index in [0.29, 0.717) is 32.7 Å². The highest BCUT2D eigenvalue weighted by Gasteiger charge is 2.26. The quantitative estimate of drug-likeness (QED) is 0.819. The average molecular weight is 299 g/mol. The molecule has 0 saturated carbocycles. The van der Waals surface area contributed by atoms with E-state index in [9.17, 15) is 8.42 Å². The summed E-state index contributed by atoms with van der Waals surface area (Å²) in [5, 5.41) is 8.40. The number of hydrogen-bond donors (Lipinski definition) is 1. The molecule has 0 spiro atoms.